The zero-order valence-corrected chi connectivity index (χ0v) is 14.8. The van der Waals surface area contributed by atoms with Gasteiger partial charge in [0.05, 0.1) is 5.92 Å². The van der Waals surface area contributed by atoms with E-state index in [1.54, 1.807) is 35.5 Å². The number of hydrogen-bond donors (Lipinski definition) is 0. The van der Waals surface area contributed by atoms with Crippen LogP contribution in [-0.4, -0.2) is 59.4 Å². The first-order chi connectivity index (χ1) is 13.1. The average molecular weight is 369 g/mol. The number of nitrogens with zero attached hydrogens (tertiary/aromatic N) is 5. The second-order valence-electron chi connectivity index (χ2n) is 6.75. The van der Waals surface area contributed by atoms with Gasteiger partial charge in [-0.2, -0.15) is 0 Å². The van der Waals surface area contributed by atoms with Gasteiger partial charge in [0, 0.05) is 57.2 Å². The van der Waals surface area contributed by atoms with E-state index in [1.807, 2.05) is 4.90 Å². The second-order valence-corrected chi connectivity index (χ2v) is 6.75. The van der Waals surface area contributed by atoms with Crippen molar-refractivity contribution in [3.63, 3.8) is 0 Å². The summed E-state index contributed by atoms with van der Waals surface area (Å²) in [5, 5.41) is 0. The quantitative estimate of drug-likeness (QED) is 0.816. The van der Waals surface area contributed by atoms with Crippen LogP contribution in [0.3, 0.4) is 0 Å². The van der Waals surface area contributed by atoms with Crippen LogP contribution >= 0.6 is 0 Å². The Labute approximate surface area is 156 Å². The molecule has 0 N–H and O–H groups in total. The Morgan fingerprint density at radius 1 is 1.07 bits per heavy atom. The minimum Gasteiger partial charge on any atom is -0.339 e. The Morgan fingerprint density at radius 3 is 2.52 bits per heavy atom. The molecule has 4 rings (SSSR count). The summed E-state index contributed by atoms with van der Waals surface area (Å²) in [6, 6.07) is 7.68. The lowest BCUT2D eigenvalue weighted by molar-refractivity contribution is -0.136. The van der Waals surface area contributed by atoms with E-state index in [2.05, 4.69) is 9.97 Å². The Bertz CT molecular complexity index is 839. The Morgan fingerprint density at radius 2 is 1.81 bits per heavy atom. The molecule has 0 radical (unpaired) electrons. The molecule has 7 nitrogen and oxygen atoms in total. The number of benzene rings is 1. The number of carbonyl (C=O) groups excluding carboxylic acids is 2. The first-order valence-corrected chi connectivity index (χ1v) is 8.98. The Hall–Kier alpha value is -3.03. The highest BCUT2D eigenvalue weighted by Gasteiger charge is 2.38. The monoisotopic (exact) mass is 369 g/mol. The molecule has 1 aromatic heterocycles. The van der Waals surface area contributed by atoms with Gasteiger partial charge in [-0.15, -0.1) is 0 Å². The zero-order valence-electron chi connectivity index (χ0n) is 14.8. The molecule has 0 aliphatic carbocycles. The maximum absolute atomic E-state index is 13.4. The molecule has 2 saturated heterocycles. The number of rotatable bonds is 3. The van der Waals surface area contributed by atoms with E-state index in [-0.39, 0.29) is 24.2 Å². The van der Waals surface area contributed by atoms with Gasteiger partial charge in [-0.05, 0) is 24.3 Å². The van der Waals surface area contributed by atoms with Crippen molar-refractivity contribution in [3.8, 4) is 0 Å². The third-order valence-electron chi connectivity index (χ3n) is 5.02. The van der Waals surface area contributed by atoms with E-state index in [1.165, 1.54) is 17.0 Å². The number of halogens is 1. The summed E-state index contributed by atoms with van der Waals surface area (Å²) in [6.07, 6.45) is 3.56. The number of amides is 2. The van der Waals surface area contributed by atoms with Crippen LogP contribution in [0.1, 0.15) is 6.42 Å². The van der Waals surface area contributed by atoms with Crippen molar-refractivity contribution in [2.45, 2.75) is 6.42 Å². The van der Waals surface area contributed by atoms with Crippen LogP contribution in [0.25, 0.3) is 0 Å². The Balaban J connectivity index is 1.37. The highest BCUT2D eigenvalue weighted by Crippen LogP contribution is 2.27. The van der Waals surface area contributed by atoms with Gasteiger partial charge in [-0.1, -0.05) is 6.07 Å². The summed E-state index contributed by atoms with van der Waals surface area (Å²) >= 11 is 0. The predicted molar refractivity (Wildman–Crippen MR) is 97.7 cm³/mol. The lowest BCUT2D eigenvalue weighted by atomic mass is 10.1. The number of aromatic nitrogens is 2. The van der Waals surface area contributed by atoms with Gasteiger partial charge in [0.1, 0.15) is 5.82 Å². The molecule has 0 bridgehead atoms. The molecule has 140 valence electrons. The minimum absolute atomic E-state index is 0.0177. The zero-order chi connectivity index (χ0) is 18.8. The van der Waals surface area contributed by atoms with Crippen LogP contribution in [-0.2, 0) is 9.59 Å². The molecule has 3 heterocycles. The molecule has 27 heavy (non-hydrogen) atoms. The number of anilines is 2. The van der Waals surface area contributed by atoms with Crippen LogP contribution in [0.4, 0.5) is 16.0 Å². The van der Waals surface area contributed by atoms with E-state index in [4.69, 9.17) is 0 Å². The van der Waals surface area contributed by atoms with E-state index < -0.39 is 5.82 Å². The highest BCUT2D eigenvalue weighted by molar-refractivity contribution is 6.00. The van der Waals surface area contributed by atoms with Gasteiger partial charge >= 0.3 is 0 Å². The smallest absolute Gasteiger partial charge is 0.228 e. The van der Waals surface area contributed by atoms with Crippen molar-refractivity contribution in [2.24, 2.45) is 5.92 Å². The van der Waals surface area contributed by atoms with Gasteiger partial charge < -0.3 is 14.7 Å². The second kappa shape index (κ2) is 7.30. The topological polar surface area (TPSA) is 69.6 Å². The third kappa shape index (κ3) is 3.60. The fourth-order valence-electron chi connectivity index (χ4n) is 3.61. The molecule has 2 amide bonds. The van der Waals surface area contributed by atoms with Crippen molar-refractivity contribution in [3.05, 3.63) is 48.5 Å². The van der Waals surface area contributed by atoms with E-state index in [0.29, 0.717) is 44.4 Å². The van der Waals surface area contributed by atoms with E-state index in [9.17, 15) is 14.0 Å². The van der Waals surface area contributed by atoms with Crippen molar-refractivity contribution in [1.82, 2.24) is 14.9 Å². The molecule has 2 aliphatic rings. The van der Waals surface area contributed by atoms with Crippen molar-refractivity contribution >= 4 is 23.5 Å². The molecule has 8 heteroatoms. The molecule has 0 saturated carbocycles. The van der Waals surface area contributed by atoms with Crippen LogP contribution in [0, 0.1) is 11.7 Å². The maximum Gasteiger partial charge on any atom is 0.228 e. The molecule has 1 aromatic carbocycles. The summed E-state index contributed by atoms with van der Waals surface area (Å²) in [6.45, 7) is 2.75. The fourth-order valence-corrected chi connectivity index (χ4v) is 3.61. The van der Waals surface area contributed by atoms with Crippen molar-refractivity contribution < 1.29 is 14.0 Å². The predicted octanol–water partition coefficient (Wildman–Crippen LogP) is 1.32. The molecule has 2 aromatic rings. The van der Waals surface area contributed by atoms with Gasteiger partial charge in [0.15, 0.2) is 0 Å². The molecule has 0 spiro atoms. The lowest BCUT2D eigenvalue weighted by Crippen LogP contribution is -2.51. The van der Waals surface area contributed by atoms with E-state index >= 15 is 0 Å². The van der Waals surface area contributed by atoms with Crippen LogP contribution in [0.15, 0.2) is 42.7 Å². The van der Waals surface area contributed by atoms with Crippen LogP contribution in [0.5, 0.6) is 0 Å². The summed E-state index contributed by atoms with van der Waals surface area (Å²) in [4.78, 5) is 39.0. The first kappa shape index (κ1) is 17.4. The number of piperazine rings is 1. The maximum atomic E-state index is 13.4. The molecule has 2 fully saturated rings. The SMILES string of the molecule is O=C(C1CC(=O)N(c2cccc(F)c2)C1)N1CCN(c2ncccn2)CC1. The summed E-state index contributed by atoms with van der Waals surface area (Å²) in [5.74, 6) is -0.279. The average Bonchev–Trinajstić information content (AvgIpc) is 3.10. The summed E-state index contributed by atoms with van der Waals surface area (Å²) in [5.41, 5.74) is 0.501. The van der Waals surface area contributed by atoms with Gasteiger partial charge in [0.25, 0.3) is 0 Å². The number of hydrogen-bond acceptors (Lipinski definition) is 5. The fraction of sp³-hybridized carbons (Fsp3) is 0.368. The first-order valence-electron chi connectivity index (χ1n) is 8.98. The minimum atomic E-state index is -0.394. The standard InChI is InChI=1S/C19H20FN5O2/c20-15-3-1-4-16(12-15)25-13-14(11-17(25)26)18(27)23-7-9-24(10-8-23)19-21-5-2-6-22-19/h1-6,12,14H,7-11,13H2. The molecular formula is C19H20FN5O2. The van der Waals surface area contributed by atoms with Gasteiger partial charge in [0.2, 0.25) is 17.8 Å². The van der Waals surface area contributed by atoms with Gasteiger partial charge in [-0.25, -0.2) is 14.4 Å². The molecule has 2 aliphatic heterocycles. The summed E-state index contributed by atoms with van der Waals surface area (Å²) in [7, 11) is 0. The molecular weight excluding hydrogens is 349 g/mol. The summed E-state index contributed by atoms with van der Waals surface area (Å²) < 4.78 is 13.4. The normalized spacial score (nSPS) is 20.3. The van der Waals surface area contributed by atoms with Crippen molar-refractivity contribution in [1.29, 1.82) is 0 Å². The van der Waals surface area contributed by atoms with Crippen LogP contribution < -0.4 is 9.80 Å². The molecule has 1 atom stereocenters. The lowest BCUT2D eigenvalue weighted by Gasteiger charge is -2.35. The van der Waals surface area contributed by atoms with Gasteiger partial charge in [-0.3, -0.25) is 9.59 Å². The Kier molecular flexibility index (Phi) is 4.70. The van der Waals surface area contributed by atoms with Crippen molar-refractivity contribution in [2.75, 3.05) is 42.5 Å². The van der Waals surface area contributed by atoms with E-state index in [0.717, 1.165) is 0 Å². The highest BCUT2D eigenvalue weighted by atomic mass is 19.1. The number of carbonyl (C=O) groups is 2. The van der Waals surface area contributed by atoms with Crippen LogP contribution in [0.2, 0.25) is 0 Å². The largest absolute Gasteiger partial charge is 0.339 e. The third-order valence-corrected chi connectivity index (χ3v) is 5.02. The molecule has 1 unspecified atom stereocenters.